The van der Waals surface area contributed by atoms with Gasteiger partial charge in [0.25, 0.3) is 0 Å². The minimum absolute atomic E-state index is 0. The Morgan fingerprint density at radius 2 is 1.41 bits per heavy atom. The molecule has 0 fully saturated rings. The average Bonchev–Trinajstić information content (AvgIpc) is 3.21. The van der Waals surface area contributed by atoms with Crippen LogP contribution in [0.5, 0.6) is 0 Å². The monoisotopic (exact) mass is 548 g/mol. The molecule has 0 N–H and O–H groups in total. The molecule has 2 unspecified atom stereocenters. The van der Waals surface area contributed by atoms with Gasteiger partial charge in [0.05, 0.1) is 0 Å². The van der Waals surface area contributed by atoms with Gasteiger partial charge in [-0.25, -0.2) is 6.08 Å². The van der Waals surface area contributed by atoms with Crippen molar-refractivity contribution in [3.05, 3.63) is 105 Å². The molecule has 1 aliphatic carbocycles. The molecule has 3 aromatic rings. The molecule has 4 rings (SSSR count). The predicted octanol–water partition coefficient (Wildman–Crippen LogP) is 7.74. The van der Waals surface area contributed by atoms with Gasteiger partial charge in [0.15, 0.2) is 0 Å². The van der Waals surface area contributed by atoms with Crippen LogP contribution in [0.3, 0.4) is 0 Å². The first-order chi connectivity index (χ1) is 13.4. The summed E-state index contributed by atoms with van der Waals surface area (Å²) in [4.78, 5) is 0. The molecule has 0 nitrogen and oxygen atoms in total. The standard InChI is InChI=1S/C18H17.C10H15.Hf/c1-14(15-7-3-2-4-8-15)13-17-12-11-16-9-5-6-10-18(16)17;1-6-7(2)9(4)10(5)8(6)3;/h2-11,14,17H,13H2,1H3;1-5H3;/q2*-1;. The topological polar surface area (TPSA) is 0 Å². The van der Waals surface area contributed by atoms with Crippen molar-refractivity contribution in [1.29, 1.82) is 0 Å². The third-order valence-electron chi connectivity index (χ3n) is 6.58. The van der Waals surface area contributed by atoms with Crippen molar-refractivity contribution in [2.24, 2.45) is 0 Å². The van der Waals surface area contributed by atoms with E-state index in [2.05, 4.69) is 108 Å². The largest absolute Gasteiger partial charge is 0.268 e. The van der Waals surface area contributed by atoms with Crippen LogP contribution in [0.25, 0.3) is 6.08 Å². The van der Waals surface area contributed by atoms with Crippen molar-refractivity contribution in [2.75, 3.05) is 0 Å². The van der Waals surface area contributed by atoms with E-state index in [1.165, 1.54) is 44.5 Å². The van der Waals surface area contributed by atoms with E-state index in [-0.39, 0.29) is 25.8 Å². The molecule has 0 bridgehead atoms. The van der Waals surface area contributed by atoms with Gasteiger partial charge < -0.3 is 0 Å². The summed E-state index contributed by atoms with van der Waals surface area (Å²) >= 11 is 0. The van der Waals surface area contributed by atoms with E-state index in [4.69, 9.17) is 0 Å². The van der Waals surface area contributed by atoms with E-state index in [0.717, 1.165) is 6.42 Å². The molecule has 1 aliphatic rings. The molecule has 1 heteroatoms. The summed E-state index contributed by atoms with van der Waals surface area (Å²) in [6.07, 6.45) is 6.77. The molecule has 0 saturated heterocycles. The van der Waals surface area contributed by atoms with Crippen LogP contribution in [0, 0.1) is 40.7 Å². The first kappa shape index (κ1) is 23.7. The van der Waals surface area contributed by atoms with Crippen LogP contribution in [0.15, 0.2) is 54.6 Å². The van der Waals surface area contributed by atoms with Crippen molar-refractivity contribution in [2.45, 2.75) is 59.8 Å². The van der Waals surface area contributed by atoms with E-state index < -0.39 is 0 Å². The van der Waals surface area contributed by atoms with Crippen molar-refractivity contribution < 1.29 is 25.8 Å². The Hall–Kier alpha value is -1.60. The number of hydrogen-bond acceptors (Lipinski definition) is 0. The predicted molar refractivity (Wildman–Crippen MR) is 122 cm³/mol. The zero-order chi connectivity index (χ0) is 20.3. The number of fused-ring (bicyclic) bond motifs is 1. The third kappa shape index (κ3) is 5.31. The molecule has 2 atom stereocenters. The van der Waals surface area contributed by atoms with Crippen molar-refractivity contribution in [3.63, 3.8) is 0 Å². The molecule has 0 saturated carbocycles. The number of benzene rings is 2. The zero-order valence-corrected chi connectivity index (χ0v) is 22.2. The first-order valence-electron chi connectivity index (χ1n) is 10.3. The van der Waals surface area contributed by atoms with Crippen LogP contribution in [0.2, 0.25) is 0 Å². The fourth-order valence-corrected chi connectivity index (χ4v) is 4.11. The normalized spacial score (nSPS) is 15.2. The van der Waals surface area contributed by atoms with Crippen molar-refractivity contribution >= 4 is 6.08 Å². The molecule has 0 aliphatic heterocycles. The minimum Gasteiger partial charge on any atom is -0.268 e. The van der Waals surface area contributed by atoms with Crippen LogP contribution in [-0.4, -0.2) is 0 Å². The van der Waals surface area contributed by atoms with Gasteiger partial charge in [-0.3, -0.25) is 6.08 Å². The first-order valence-corrected chi connectivity index (χ1v) is 10.3. The molecule has 29 heavy (non-hydrogen) atoms. The summed E-state index contributed by atoms with van der Waals surface area (Å²) in [5.74, 6) is 1.03. The molecule has 150 valence electrons. The molecular weight excluding hydrogens is 515 g/mol. The summed E-state index contributed by atoms with van der Waals surface area (Å²) in [6, 6.07) is 19.4. The van der Waals surface area contributed by atoms with Gasteiger partial charge >= 0.3 is 0 Å². The average molecular weight is 547 g/mol. The summed E-state index contributed by atoms with van der Waals surface area (Å²) < 4.78 is 0. The van der Waals surface area contributed by atoms with Crippen LogP contribution in [0.1, 0.15) is 69.7 Å². The molecule has 0 radical (unpaired) electrons. The Morgan fingerprint density at radius 3 is 1.97 bits per heavy atom. The quantitative estimate of drug-likeness (QED) is 0.233. The second kappa shape index (κ2) is 10.4. The van der Waals surface area contributed by atoms with Crippen LogP contribution >= 0.6 is 0 Å². The number of rotatable bonds is 3. The van der Waals surface area contributed by atoms with Gasteiger partial charge in [0.1, 0.15) is 0 Å². The third-order valence-corrected chi connectivity index (χ3v) is 6.58. The fraction of sp³-hybridized carbons (Fsp3) is 0.321. The summed E-state index contributed by atoms with van der Waals surface area (Å²) in [5, 5.41) is 0. The summed E-state index contributed by atoms with van der Waals surface area (Å²) in [5.41, 5.74) is 11.5. The zero-order valence-electron chi connectivity index (χ0n) is 18.6. The van der Waals surface area contributed by atoms with Gasteiger partial charge in [-0.1, -0.05) is 102 Å². The Labute approximate surface area is 196 Å². The van der Waals surface area contributed by atoms with Crippen LogP contribution in [0.4, 0.5) is 0 Å². The number of allylic oxidation sites excluding steroid dienone is 1. The SMILES string of the molecule is CC(CC1[C-]=Cc2ccccc21)c1ccccc1.Cc1c(C)c(C)[c-](C)c1C.[Hf]. The van der Waals surface area contributed by atoms with Gasteiger partial charge in [0, 0.05) is 25.8 Å². The van der Waals surface area contributed by atoms with Gasteiger partial charge in [-0.2, -0.15) is 33.4 Å². The van der Waals surface area contributed by atoms with E-state index in [1.807, 2.05) is 0 Å². The maximum Gasteiger partial charge on any atom is 0 e. The molecule has 3 aromatic carbocycles. The maximum atomic E-state index is 3.50. The van der Waals surface area contributed by atoms with Crippen molar-refractivity contribution in [3.8, 4) is 0 Å². The number of hydrogen-bond donors (Lipinski definition) is 0. The molecule has 0 spiro atoms. The van der Waals surface area contributed by atoms with Crippen molar-refractivity contribution in [1.82, 2.24) is 0 Å². The van der Waals surface area contributed by atoms with E-state index in [0.29, 0.717) is 11.8 Å². The molecule has 0 aromatic heterocycles. The van der Waals surface area contributed by atoms with Crippen LogP contribution < -0.4 is 0 Å². The Bertz CT molecular complexity index is 879. The smallest absolute Gasteiger partial charge is 0 e. The summed E-state index contributed by atoms with van der Waals surface area (Å²) in [6.45, 7) is 13.3. The Morgan fingerprint density at radius 1 is 0.862 bits per heavy atom. The van der Waals surface area contributed by atoms with Gasteiger partial charge in [-0.05, 0) is 11.5 Å². The van der Waals surface area contributed by atoms with E-state index in [9.17, 15) is 0 Å². The van der Waals surface area contributed by atoms with E-state index >= 15 is 0 Å². The molecule has 0 heterocycles. The fourth-order valence-electron chi connectivity index (χ4n) is 4.11. The Balaban J connectivity index is 0.000000234. The second-order valence-electron chi connectivity index (χ2n) is 8.16. The van der Waals surface area contributed by atoms with Crippen LogP contribution in [-0.2, 0) is 25.8 Å². The van der Waals surface area contributed by atoms with Gasteiger partial charge in [0.2, 0.25) is 0 Å². The summed E-state index contributed by atoms with van der Waals surface area (Å²) in [7, 11) is 0. The molecular formula is C28H32Hf-2. The van der Waals surface area contributed by atoms with Gasteiger partial charge in [-0.15, -0.1) is 11.6 Å². The molecule has 0 amide bonds. The maximum absolute atomic E-state index is 3.50. The second-order valence-corrected chi connectivity index (χ2v) is 8.16. The van der Waals surface area contributed by atoms with E-state index in [1.54, 1.807) is 0 Å². The minimum atomic E-state index is 0. The Kier molecular flexibility index (Phi) is 8.52.